The average molecular weight is 208 g/mol. The molecule has 4 nitrogen and oxygen atoms in total. The molecular formula is C10H24O4. The summed E-state index contributed by atoms with van der Waals surface area (Å²) in [7, 11) is 0. The van der Waals surface area contributed by atoms with Gasteiger partial charge in [0.25, 0.3) is 0 Å². The lowest BCUT2D eigenvalue weighted by atomic mass is 10.2. The molecule has 0 rings (SSSR count). The maximum absolute atomic E-state index is 8.56. The number of rotatable bonds is 6. The summed E-state index contributed by atoms with van der Waals surface area (Å²) in [6.07, 6.45) is 2.30. The van der Waals surface area contributed by atoms with E-state index in [9.17, 15) is 0 Å². The van der Waals surface area contributed by atoms with Crippen LogP contribution in [-0.4, -0.2) is 45.8 Å². The van der Waals surface area contributed by atoms with Gasteiger partial charge in [0.15, 0.2) is 0 Å². The second-order valence-electron chi connectivity index (χ2n) is 3.44. The van der Waals surface area contributed by atoms with Crippen LogP contribution < -0.4 is 0 Å². The van der Waals surface area contributed by atoms with Crippen molar-refractivity contribution in [3.63, 3.8) is 0 Å². The first-order valence-corrected chi connectivity index (χ1v) is 5.12. The summed E-state index contributed by atoms with van der Waals surface area (Å²) < 4.78 is 0. The molecule has 0 saturated heterocycles. The average Bonchev–Trinajstić information content (AvgIpc) is 2.04. The van der Waals surface area contributed by atoms with Crippen molar-refractivity contribution in [1.82, 2.24) is 0 Å². The van der Waals surface area contributed by atoms with Gasteiger partial charge < -0.3 is 20.4 Å². The molecule has 4 N–H and O–H groups in total. The lowest BCUT2D eigenvalue weighted by Crippen LogP contribution is -2.10. The van der Waals surface area contributed by atoms with Crippen molar-refractivity contribution < 1.29 is 20.4 Å². The van der Waals surface area contributed by atoms with E-state index in [0.717, 1.165) is 19.3 Å². The first-order valence-electron chi connectivity index (χ1n) is 5.12. The van der Waals surface area contributed by atoms with Crippen LogP contribution in [0.15, 0.2) is 0 Å². The summed E-state index contributed by atoms with van der Waals surface area (Å²) in [4.78, 5) is 0. The molecule has 88 valence electrons. The van der Waals surface area contributed by atoms with Crippen LogP contribution in [0.4, 0.5) is 0 Å². The van der Waals surface area contributed by atoms with Gasteiger partial charge in [0.2, 0.25) is 0 Å². The quantitative estimate of drug-likeness (QED) is 0.473. The maximum atomic E-state index is 8.56. The molecule has 0 aromatic rings. The highest BCUT2D eigenvalue weighted by molar-refractivity contribution is 4.51. The Labute approximate surface area is 86.2 Å². The van der Waals surface area contributed by atoms with Crippen LogP contribution in [0.1, 0.15) is 39.5 Å². The minimum Gasteiger partial charge on any atom is -0.396 e. The van der Waals surface area contributed by atoms with Crippen LogP contribution in [-0.2, 0) is 0 Å². The van der Waals surface area contributed by atoms with Gasteiger partial charge in [-0.2, -0.15) is 0 Å². The Kier molecular flexibility index (Phi) is 14.9. The molecule has 0 spiro atoms. The van der Waals surface area contributed by atoms with Crippen LogP contribution in [0.25, 0.3) is 0 Å². The van der Waals surface area contributed by atoms with Gasteiger partial charge in [0.1, 0.15) is 0 Å². The molecule has 0 heterocycles. The zero-order valence-electron chi connectivity index (χ0n) is 9.19. The van der Waals surface area contributed by atoms with Crippen LogP contribution >= 0.6 is 0 Å². The predicted octanol–water partition coefficient (Wildman–Crippen LogP) is 0.279. The highest BCUT2D eigenvalue weighted by Crippen LogP contribution is 1.93. The van der Waals surface area contributed by atoms with E-state index in [1.165, 1.54) is 0 Å². The summed E-state index contributed by atoms with van der Waals surface area (Å²) in [5, 5.41) is 33.5. The van der Waals surface area contributed by atoms with E-state index in [4.69, 9.17) is 20.4 Å². The van der Waals surface area contributed by atoms with Gasteiger partial charge in [-0.3, -0.25) is 0 Å². The Morgan fingerprint density at radius 1 is 0.786 bits per heavy atom. The fourth-order valence-electron chi connectivity index (χ4n) is 0.894. The number of hydrogen-bond donors (Lipinski definition) is 4. The predicted molar refractivity (Wildman–Crippen MR) is 56.0 cm³/mol. The van der Waals surface area contributed by atoms with E-state index in [2.05, 4.69) is 0 Å². The van der Waals surface area contributed by atoms with Crippen LogP contribution in [0.5, 0.6) is 0 Å². The van der Waals surface area contributed by atoms with Gasteiger partial charge in [0, 0.05) is 13.2 Å². The molecular weight excluding hydrogens is 184 g/mol. The van der Waals surface area contributed by atoms with Crippen molar-refractivity contribution in [2.75, 3.05) is 13.2 Å². The minimum absolute atomic E-state index is 0.250. The molecule has 0 aliphatic rings. The summed E-state index contributed by atoms with van der Waals surface area (Å²) in [6.45, 7) is 3.82. The molecule has 0 aliphatic heterocycles. The van der Waals surface area contributed by atoms with Crippen LogP contribution in [0, 0.1) is 0 Å². The van der Waals surface area contributed by atoms with Crippen molar-refractivity contribution in [1.29, 1.82) is 0 Å². The van der Waals surface area contributed by atoms with E-state index >= 15 is 0 Å². The highest BCUT2D eigenvalue weighted by Gasteiger charge is 1.98. The Bertz CT molecular complexity index is 84.1. The van der Waals surface area contributed by atoms with Gasteiger partial charge in [-0.1, -0.05) is 0 Å². The van der Waals surface area contributed by atoms with Crippen molar-refractivity contribution in [3.8, 4) is 0 Å². The Morgan fingerprint density at radius 3 is 1.29 bits per heavy atom. The van der Waals surface area contributed by atoms with Gasteiger partial charge in [-0.15, -0.1) is 0 Å². The summed E-state index contributed by atoms with van der Waals surface area (Å²) >= 11 is 0. The fraction of sp³-hybridized carbons (Fsp3) is 1.00. The number of aliphatic hydroxyl groups is 4. The number of unbranched alkanes of at least 4 members (excludes halogenated alkanes) is 2. The molecule has 2 atom stereocenters. The second-order valence-corrected chi connectivity index (χ2v) is 3.44. The smallest absolute Gasteiger partial charge is 0.0536 e. The SMILES string of the molecule is CC(O)CC(C)O.OCCCCCO. The van der Waals surface area contributed by atoms with Crippen molar-refractivity contribution in [2.45, 2.75) is 51.7 Å². The minimum atomic E-state index is -0.375. The third-order valence-electron chi connectivity index (χ3n) is 1.50. The Morgan fingerprint density at radius 2 is 1.14 bits per heavy atom. The van der Waals surface area contributed by atoms with Gasteiger partial charge in [-0.05, 0) is 39.5 Å². The highest BCUT2D eigenvalue weighted by atomic mass is 16.3. The van der Waals surface area contributed by atoms with Gasteiger partial charge in [0.05, 0.1) is 12.2 Å². The molecule has 0 saturated carbocycles. The van der Waals surface area contributed by atoms with E-state index in [0.29, 0.717) is 6.42 Å². The lowest BCUT2D eigenvalue weighted by Gasteiger charge is -2.04. The topological polar surface area (TPSA) is 80.9 Å². The molecule has 0 aliphatic carbocycles. The Hall–Kier alpha value is -0.160. The molecule has 0 fully saturated rings. The molecule has 0 aromatic carbocycles. The van der Waals surface area contributed by atoms with Gasteiger partial charge >= 0.3 is 0 Å². The third-order valence-corrected chi connectivity index (χ3v) is 1.50. The van der Waals surface area contributed by atoms with E-state index in [-0.39, 0.29) is 25.4 Å². The second kappa shape index (κ2) is 12.8. The van der Waals surface area contributed by atoms with E-state index in [1.54, 1.807) is 13.8 Å². The summed E-state index contributed by atoms with van der Waals surface area (Å²) in [5.74, 6) is 0. The molecule has 2 unspecified atom stereocenters. The molecule has 0 radical (unpaired) electrons. The molecule has 0 aromatic heterocycles. The maximum Gasteiger partial charge on any atom is 0.0536 e. The largest absolute Gasteiger partial charge is 0.396 e. The normalized spacial score (nSPS) is 14.1. The zero-order chi connectivity index (χ0) is 11.4. The summed E-state index contributed by atoms with van der Waals surface area (Å²) in [5.41, 5.74) is 0. The fourth-order valence-corrected chi connectivity index (χ4v) is 0.894. The van der Waals surface area contributed by atoms with Crippen molar-refractivity contribution in [2.24, 2.45) is 0 Å². The summed E-state index contributed by atoms with van der Waals surface area (Å²) in [6, 6.07) is 0. The molecule has 0 amide bonds. The van der Waals surface area contributed by atoms with Crippen LogP contribution in [0.3, 0.4) is 0 Å². The Balaban J connectivity index is 0. The molecule has 14 heavy (non-hydrogen) atoms. The van der Waals surface area contributed by atoms with Crippen LogP contribution in [0.2, 0.25) is 0 Å². The van der Waals surface area contributed by atoms with E-state index in [1.807, 2.05) is 0 Å². The van der Waals surface area contributed by atoms with Crippen molar-refractivity contribution >= 4 is 0 Å². The van der Waals surface area contributed by atoms with E-state index < -0.39 is 0 Å². The monoisotopic (exact) mass is 208 g/mol. The van der Waals surface area contributed by atoms with Crippen molar-refractivity contribution in [3.05, 3.63) is 0 Å². The van der Waals surface area contributed by atoms with Gasteiger partial charge in [-0.25, -0.2) is 0 Å². The number of hydrogen-bond acceptors (Lipinski definition) is 4. The lowest BCUT2D eigenvalue weighted by molar-refractivity contribution is 0.102. The first kappa shape index (κ1) is 16.3. The zero-order valence-corrected chi connectivity index (χ0v) is 9.19. The molecule has 4 heteroatoms. The number of aliphatic hydroxyl groups excluding tert-OH is 4. The molecule has 0 bridgehead atoms. The standard InChI is InChI=1S/2C5H12O2/c1-4(6)3-5(2)7;6-4-2-1-3-5-7/h4-7H,3H2,1-2H3;6-7H,1-5H2. The first-order chi connectivity index (χ1) is 6.54. The third kappa shape index (κ3) is 22.6.